The monoisotopic (exact) mass is 626 g/mol. The Bertz CT molecular complexity index is 1600. The maximum absolute atomic E-state index is 14.0. The second-order valence-electron chi connectivity index (χ2n) is 10.7. The molecule has 232 valence electrons. The van der Waals surface area contributed by atoms with Crippen LogP contribution in [-0.4, -0.2) is 57.1 Å². The Morgan fingerprint density at radius 1 is 1.07 bits per heavy atom. The lowest BCUT2D eigenvalue weighted by atomic mass is 9.94. The van der Waals surface area contributed by atoms with E-state index < -0.39 is 17.6 Å². The van der Waals surface area contributed by atoms with E-state index >= 15 is 0 Å². The first-order valence-corrected chi connectivity index (χ1v) is 13.6. The van der Waals surface area contributed by atoms with Crippen molar-refractivity contribution in [1.82, 2.24) is 24.8 Å². The molecule has 0 fully saturated rings. The van der Waals surface area contributed by atoms with Gasteiger partial charge in [0, 0.05) is 59.8 Å². The van der Waals surface area contributed by atoms with Crippen molar-refractivity contribution >= 4 is 41.3 Å². The molecule has 0 aliphatic rings. The number of carbonyl (C=O) groups is 1. The quantitative estimate of drug-likeness (QED) is 0.156. The number of carbonyl (C=O) groups excluding carboxylic acids is 1. The fourth-order valence-electron chi connectivity index (χ4n) is 4.72. The zero-order valence-electron chi connectivity index (χ0n) is 24.7. The van der Waals surface area contributed by atoms with E-state index in [9.17, 15) is 18.0 Å². The van der Waals surface area contributed by atoms with Crippen LogP contribution in [0.3, 0.4) is 0 Å². The number of benzene rings is 2. The van der Waals surface area contributed by atoms with Crippen molar-refractivity contribution < 1.29 is 18.0 Å². The summed E-state index contributed by atoms with van der Waals surface area (Å²) in [5.74, 6) is -0.256. The van der Waals surface area contributed by atoms with Crippen LogP contribution in [0.25, 0.3) is 11.3 Å². The molecule has 2 aromatic heterocycles. The first kappa shape index (κ1) is 34.1. The second kappa shape index (κ2) is 14.8. The van der Waals surface area contributed by atoms with Crippen molar-refractivity contribution in [1.29, 1.82) is 5.41 Å². The van der Waals surface area contributed by atoms with Crippen LogP contribution < -0.4 is 10.6 Å². The Kier molecular flexibility index (Phi) is 11.5. The summed E-state index contributed by atoms with van der Waals surface area (Å²) in [5.41, 5.74) is 2.26. The van der Waals surface area contributed by atoms with E-state index in [-0.39, 0.29) is 41.6 Å². The van der Waals surface area contributed by atoms with Crippen LogP contribution in [0.5, 0.6) is 0 Å². The van der Waals surface area contributed by atoms with Crippen LogP contribution in [0.4, 0.5) is 30.5 Å². The molecule has 3 N–H and O–H groups in total. The van der Waals surface area contributed by atoms with Crippen molar-refractivity contribution in [3.05, 3.63) is 89.6 Å². The average molecular weight is 627 g/mol. The van der Waals surface area contributed by atoms with E-state index in [1.807, 2.05) is 32.8 Å². The SMILES string of the molecule is Cc1ccc(NC(=O)c2ccc(CC(=N)C[C@H](C)CN(C)C)c(C(F)(F)F)c2)cc1Nc1nccc(-c2cncnc2)n1.Cl. The summed E-state index contributed by atoms with van der Waals surface area (Å²) in [6.45, 7) is 4.55. The molecule has 0 spiro atoms. The predicted molar refractivity (Wildman–Crippen MR) is 168 cm³/mol. The number of hydrogen-bond acceptors (Lipinski definition) is 8. The molecule has 1 amide bonds. The van der Waals surface area contributed by atoms with Crippen LogP contribution in [0.2, 0.25) is 0 Å². The standard InChI is InChI=1S/C31H33F3N8O.ClH/c1-19(17-42(3)4)11-24(35)12-21-6-7-22(13-26(21)31(32,33)34)29(43)39-25-8-5-20(2)28(14-25)41-30-38-10-9-27(40-30)23-15-36-18-37-16-23;/h5-10,13-16,18-19,35H,11-12,17H2,1-4H3,(H,39,43)(H,38,40,41);1H/t19-;/m0./s1. The molecule has 0 saturated heterocycles. The summed E-state index contributed by atoms with van der Waals surface area (Å²) in [5, 5.41) is 14.1. The van der Waals surface area contributed by atoms with Gasteiger partial charge in [0.05, 0.1) is 11.3 Å². The van der Waals surface area contributed by atoms with E-state index in [0.717, 1.165) is 18.2 Å². The largest absolute Gasteiger partial charge is 0.416 e. The maximum Gasteiger partial charge on any atom is 0.416 e. The number of amides is 1. The normalized spacial score (nSPS) is 11.9. The predicted octanol–water partition coefficient (Wildman–Crippen LogP) is 6.83. The third-order valence-electron chi connectivity index (χ3n) is 6.61. The fourth-order valence-corrected chi connectivity index (χ4v) is 4.72. The van der Waals surface area contributed by atoms with Gasteiger partial charge in [-0.25, -0.2) is 19.9 Å². The Morgan fingerprint density at radius 3 is 2.48 bits per heavy atom. The number of hydrogen-bond donors (Lipinski definition) is 3. The van der Waals surface area contributed by atoms with Crippen LogP contribution >= 0.6 is 12.4 Å². The highest BCUT2D eigenvalue weighted by Crippen LogP contribution is 2.34. The molecule has 0 aliphatic carbocycles. The molecule has 0 radical (unpaired) electrons. The Balaban J connectivity index is 0.00000529. The molecule has 2 heterocycles. The zero-order valence-corrected chi connectivity index (χ0v) is 25.6. The van der Waals surface area contributed by atoms with E-state index in [4.69, 9.17) is 5.41 Å². The number of halogens is 4. The fraction of sp³-hybridized carbons (Fsp3) is 0.290. The summed E-state index contributed by atoms with van der Waals surface area (Å²) in [6, 6.07) is 10.3. The van der Waals surface area contributed by atoms with Gasteiger partial charge in [-0.1, -0.05) is 19.1 Å². The van der Waals surface area contributed by atoms with Gasteiger partial charge >= 0.3 is 6.18 Å². The third-order valence-corrected chi connectivity index (χ3v) is 6.61. The molecular formula is C31H34ClF3N8O. The molecule has 0 aliphatic heterocycles. The number of rotatable bonds is 11. The summed E-state index contributed by atoms with van der Waals surface area (Å²) < 4.78 is 42.0. The topological polar surface area (TPSA) is 120 Å². The lowest BCUT2D eigenvalue weighted by Gasteiger charge is -2.19. The molecule has 0 bridgehead atoms. The minimum Gasteiger partial charge on any atom is -0.324 e. The Morgan fingerprint density at radius 2 is 1.80 bits per heavy atom. The Labute approximate surface area is 260 Å². The first-order valence-electron chi connectivity index (χ1n) is 13.6. The molecule has 1 atom stereocenters. The first-order chi connectivity index (χ1) is 20.4. The highest BCUT2D eigenvalue weighted by molar-refractivity contribution is 6.04. The van der Waals surface area contributed by atoms with Crippen molar-refractivity contribution in [3.8, 4) is 11.3 Å². The number of aryl methyl sites for hydroxylation is 1. The van der Waals surface area contributed by atoms with E-state index in [1.54, 1.807) is 42.9 Å². The molecule has 0 saturated carbocycles. The molecule has 44 heavy (non-hydrogen) atoms. The number of anilines is 3. The summed E-state index contributed by atoms with van der Waals surface area (Å²) in [6.07, 6.45) is 1.85. The maximum atomic E-state index is 14.0. The molecular weight excluding hydrogens is 593 g/mol. The summed E-state index contributed by atoms with van der Waals surface area (Å²) in [4.78, 5) is 31.8. The van der Waals surface area contributed by atoms with Gasteiger partial charge in [0.1, 0.15) is 6.33 Å². The number of nitrogens with one attached hydrogen (secondary N) is 3. The van der Waals surface area contributed by atoms with E-state index in [1.165, 1.54) is 18.5 Å². The van der Waals surface area contributed by atoms with Gasteiger partial charge in [0.25, 0.3) is 5.91 Å². The molecule has 9 nitrogen and oxygen atoms in total. The molecule has 13 heteroatoms. The Hall–Kier alpha value is -4.42. The zero-order chi connectivity index (χ0) is 31.1. The second-order valence-corrected chi connectivity index (χ2v) is 10.7. The van der Waals surface area contributed by atoms with Crippen LogP contribution in [0.1, 0.15) is 40.4 Å². The van der Waals surface area contributed by atoms with Gasteiger partial charge in [-0.3, -0.25) is 4.79 Å². The third kappa shape index (κ3) is 9.29. The lowest BCUT2D eigenvalue weighted by Crippen LogP contribution is -2.22. The van der Waals surface area contributed by atoms with Gasteiger partial charge < -0.3 is 20.9 Å². The number of nitrogens with zero attached hydrogens (tertiary/aromatic N) is 5. The van der Waals surface area contributed by atoms with Crippen molar-refractivity contribution in [2.24, 2.45) is 5.92 Å². The highest BCUT2D eigenvalue weighted by Gasteiger charge is 2.34. The van der Waals surface area contributed by atoms with Gasteiger partial charge in [-0.15, -0.1) is 12.4 Å². The highest BCUT2D eigenvalue weighted by atomic mass is 35.5. The van der Waals surface area contributed by atoms with Crippen LogP contribution in [-0.2, 0) is 12.6 Å². The van der Waals surface area contributed by atoms with Crippen LogP contribution in [0, 0.1) is 18.3 Å². The van der Waals surface area contributed by atoms with Crippen molar-refractivity contribution in [2.45, 2.75) is 32.9 Å². The summed E-state index contributed by atoms with van der Waals surface area (Å²) in [7, 11) is 3.82. The lowest BCUT2D eigenvalue weighted by molar-refractivity contribution is -0.138. The molecule has 2 aromatic carbocycles. The van der Waals surface area contributed by atoms with Gasteiger partial charge in [0.2, 0.25) is 5.95 Å². The minimum absolute atomic E-state index is 0. The van der Waals surface area contributed by atoms with Gasteiger partial charge in [-0.05, 0) is 74.8 Å². The molecule has 0 unspecified atom stereocenters. The van der Waals surface area contributed by atoms with Gasteiger partial charge in [0.15, 0.2) is 0 Å². The molecule has 4 rings (SSSR count). The minimum atomic E-state index is -4.68. The summed E-state index contributed by atoms with van der Waals surface area (Å²) >= 11 is 0. The number of alkyl halides is 3. The van der Waals surface area contributed by atoms with E-state index in [0.29, 0.717) is 35.0 Å². The van der Waals surface area contributed by atoms with Crippen molar-refractivity contribution in [2.75, 3.05) is 31.3 Å². The van der Waals surface area contributed by atoms with Crippen molar-refractivity contribution in [3.63, 3.8) is 0 Å². The smallest absolute Gasteiger partial charge is 0.324 e. The number of aromatic nitrogens is 4. The van der Waals surface area contributed by atoms with Gasteiger partial charge in [-0.2, -0.15) is 13.2 Å². The molecule has 4 aromatic rings. The average Bonchev–Trinajstić information content (AvgIpc) is 2.94. The van der Waals surface area contributed by atoms with E-state index in [2.05, 4.69) is 30.6 Å². The van der Waals surface area contributed by atoms with Crippen LogP contribution in [0.15, 0.2) is 67.4 Å².